The monoisotopic (exact) mass is 446 g/mol. The summed E-state index contributed by atoms with van der Waals surface area (Å²) in [7, 11) is 0. The minimum Gasteiger partial charge on any atom is -0.490 e. The largest absolute Gasteiger partial charge is 0.490 e. The summed E-state index contributed by atoms with van der Waals surface area (Å²) >= 11 is 0. The molecule has 0 atom stereocenters. The molecule has 0 aliphatic carbocycles. The summed E-state index contributed by atoms with van der Waals surface area (Å²) in [6.45, 7) is 3.91. The van der Waals surface area contributed by atoms with Crippen molar-refractivity contribution in [2.45, 2.75) is 20.0 Å². The first-order valence-electron chi connectivity index (χ1n) is 10.9. The smallest absolute Gasteiger partial charge is 0.244 e. The highest BCUT2D eigenvalue weighted by Gasteiger charge is 2.13. The van der Waals surface area contributed by atoms with Crippen LogP contribution in [-0.4, -0.2) is 31.9 Å². The van der Waals surface area contributed by atoms with Crippen LogP contribution in [0, 0.1) is 0 Å². The molecular formula is C26H26N2O5. The first kappa shape index (κ1) is 22.2. The molecule has 0 radical (unpaired) electrons. The maximum Gasteiger partial charge on any atom is 0.244 e. The summed E-state index contributed by atoms with van der Waals surface area (Å²) in [5.74, 6) is 2.41. The number of hydrazone groups is 1. The molecule has 3 aromatic carbocycles. The lowest BCUT2D eigenvalue weighted by Crippen LogP contribution is -2.20. The fourth-order valence-electron chi connectivity index (χ4n) is 3.33. The topological polar surface area (TPSA) is 78.4 Å². The molecule has 1 heterocycles. The Bertz CT molecular complexity index is 1110. The van der Waals surface area contributed by atoms with Gasteiger partial charge in [0.1, 0.15) is 19.8 Å². The van der Waals surface area contributed by atoms with Gasteiger partial charge in [0.15, 0.2) is 23.0 Å². The van der Waals surface area contributed by atoms with E-state index in [4.69, 9.17) is 18.9 Å². The number of amides is 1. The van der Waals surface area contributed by atoms with E-state index in [1.807, 2.05) is 73.7 Å². The first-order chi connectivity index (χ1) is 16.2. The molecule has 3 aromatic rings. The van der Waals surface area contributed by atoms with Crippen molar-refractivity contribution in [2.24, 2.45) is 5.10 Å². The summed E-state index contributed by atoms with van der Waals surface area (Å²) in [6, 6.07) is 21.0. The van der Waals surface area contributed by atoms with Crippen molar-refractivity contribution in [3.05, 3.63) is 83.4 Å². The van der Waals surface area contributed by atoms with Crippen LogP contribution in [-0.2, 0) is 17.8 Å². The number of nitrogens with one attached hydrogen (secondary N) is 1. The Labute approximate surface area is 192 Å². The van der Waals surface area contributed by atoms with Gasteiger partial charge in [-0.05, 0) is 53.9 Å². The highest BCUT2D eigenvalue weighted by Crippen LogP contribution is 2.31. The van der Waals surface area contributed by atoms with Gasteiger partial charge in [0, 0.05) is 0 Å². The van der Waals surface area contributed by atoms with Gasteiger partial charge in [0.05, 0.1) is 19.2 Å². The van der Waals surface area contributed by atoms with Crippen LogP contribution in [0.2, 0.25) is 0 Å². The van der Waals surface area contributed by atoms with Crippen LogP contribution in [0.4, 0.5) is 0 Å². The molecule has 1 N–H and O–H groups in total. The molecular weight excluding hydrogens is 420 g/mol. The fourth-order valence-corrected chi connectivity index (χ4v) is 3.33. The summed E-state index contributed by atoms with van der Waals surface area (Å²) in [6.07, 6.45) is 1.76. The summed E-state index contributed by atoms with van der Waals surface area (Å²) in [4.78, 5) is 12.3. The number of ether oxygens (including phenoxy) is 4. The summed E-state index contributed by atoms with van der Waals surface area (Å²) in [5, 5.41) is 4.07. The van der Waals surface area contributed by atoms with Gasteiger partial charge in [0.2, 0.25) is 5.91 Å². The second-order valence-corrected chi connectivity index (χ2v) is 7.36. The quantitative estimate of drug-likeness (QED) is 0.395. The van der Waals surface area contributed by atoms with Crippen molar-refractivity contribution in [3.63, 3.8) is 0 Å². The van der Waals surface area contributed by atoms with Crippen molar-refractivity contribution < 1.29 is 23.7 Å². The Kier molecular flexibility index (Phi) is 7.43. The molecule has 7 heteroatoms. The molecule has 0 saturated heterocycles. The van der Waals surface area contributed by atoms with Gasteiger partial charge < -0.3 is 18.9 Å². The molecule has 170 valence electrons. The fraction of sp³-hybridized carbons (Fsp3) is 0.231. The molecule has 0 saturated carbocycles. The van der Waals surface area contributed by atoms with Crippen LogP contribution in [0.1, 0.15) is 23.6 Å². The van der Waals surface area contributed by atoms with Gasteiger partial charge in [-0.1, -0.05) is 36.4 Å². The lowest BCUT2D eigenvalue weighted by molar-refractivity contribution is -0.120. The Morgan fingerprint density at radius 1 is 0.939 bits per heavy atom. The first-order valence-corrected chi connectivity index (χ1v) is 10.9. The number of rotatable bonds is 9. The molecule has 1 amide bonds. The minimum atomic E-state index is -0.226. The van der Waals surface area contributed by atoms with Crippen LogP contribution in [0.3, 0.4) is 0 Å². The standard InChI is InChI=1S/C26H26N2O5/c1-2-30-24-15-21(9-11-23(24)33-18-19-6-4-3-5-7-19)17-27-28-26(29)16-20-8-10-22-25(14-20)32-13-12-31-22/h3-11,14-15,17H,2,12-13,16,18H2,1H3,(H,28,29)/b27-17+. The van der Waals surface area contributed by atoms with E-state index >= 15 is 0 Å². The molecule has 7 nitrogen and oxygen atoms in total. The molecule has 33 heavy (non-hydrogen) atoms. The second-order valence-electron chi connectivity index (χ2n) is 7.36. The van der Waals surface area contributed by atoms with Gasteiger partial charge in [0.25, 0.3) is 0 Å². The van der Waals surface area contributed by atoms with E-state index in [-0.39, 0.29) is 12.3 Å². The van der Waals surface area contributed by atoms with Crippen LogP contribution in [0.25, 0.3) is 0 Å². The number of hydrogen-bond donors (Lipinski definition) is 1. The number of carbonyl (C=O) groups is 1. The van der Waals surface area contributed by atoms with Crippen molar-refractivity contribution in [3.8, 4) is 23.0 Å². The Morgan fingerprint density at radius 2 is 1.76 bits per heavy atom. The van der Waals surface area contributed by atoms with E-state index in [0.717, 1.165) is 16.7 Å². The zero-order valence-corrected chi connectivity index (χ0v) is 18.5. The van der Waals surface area contributed by atoms with Gasteiger partial charge >= 0.3 is 0 Å². The third kappa shape index (κ3) is 6.26. The van der Waals surface area contributed by atoms with Crippen molar-refractivity contribution >= 4 is 12.1 Å². The van der Waals surface area contributed by atoms with Gasteiger partial charge in [-0.2, -0.15) is 5.10 Å². The van der Waals surface area contributed by atoms with E-state index in [1.165, 1.54) is 0 Å². The third-order valence-electron chi connectivity index (χ3n) is 4.88. The maximum atomic E-state index is 12.3. The highest BCUT2D eigenvalue weighted by molar-refractivity contribution is 5.84. The molecule has 0 spiro atoms. The van der Waals surface area contributed by atoms with Crippen molar-refractivity contribution in [1.82, 2.24) is 5.43 Å². The molecule has 0 bridgehead atoms. The Morgan fingerprint density at radius 3 is 2.58 bits per heavy atom. The molecule has 1 aliphatic rings. The van der Waals surface area contributed by atoms with E-state index in [0.29, 0.717) is 49.4 Å². The average molecular weight is 447 g/mol. The lowest BCUT2D eigenvalue weighted by Gasteiger charge is -2.18. The SMILES string of the molecule is CCOc1cc(/C=N/NC(=O)Cc2ccc3c(c2)OCCO3)ccc1OCc1ccccc1. The summed E-state index contributed by atoms with van der Waals surface area (Å²) in [5.41, 5.74) is 5.24. The van der Waals surface area contributed by atoms with Gasteiger partial charge in [-0.15, -0.1) is 0 Å². The minimum absolute atomic E-state index is 0.185. The number of benzene rings is 3. The van der Waals surface area contributed by atoms with Gasteiger partial charge in [-0.25, -0.2) is 5.43 Å². The maximum absolute atomic E-state index is 12.3. The molecule has 0 unspecified atom stereocenters. The van der Waals surface area contributed by atoms with Crippen LogP contribution >= 0.6 is 0 Å². The van der Waals surface area contributed by atoms with Crippen LogP contribution in [0.15, 0.2) is 71.8 Å². The zero-order chi connectivity index (χ0) is 22.9. The third-order valence-corrected chi connectivity index (χ3v) is 4.88. The van der Waals surface area contributed by atoms with E-state index in [1.54, 1.807) is 6.21 Å². The zero-order valence-electron chi connectivity index (χ0n) is 18.5. The normalized spacial score (nSPS) is 12.4. The predicted octanol–water partition coefficient (Wildman–Crippen LogP) is 4.13. The lowest BCUT2D eigenvalue weighted by atomic mass is 10.1. The van der Waals surface area contributed by atoms with E-state index in [9.17, 15) is 4.79 Å². The van der Waals surface area contributed by atoms with E-state index in [2.05, 4.69) is 10.5 Å². The highest BCUT2D eigenvalue weighted by atomic mass is 16.6. The molecule has 1 aliphatic heterocycles. The van der Waals surface area contributed by atoms with Crippen LogP contribution < -0.4 is 24.4 Å². The van der Waals surface area contributed by atoms with Gasteiger partial charge in [-0.3, -0.25) is 4.79 Å². The Balaban J connectivity index is 1.34. The molecule has 4 rings (SSSR count). The second kappa shape index (κ2) is 11.0. The Hall–Kier alpha value is -4.00. The number of hydrogen-bond acceptors (Lipinski definition) is 6. The van der Waals surface area contributed by atoms with Crippen LogP contribution in [0.5, 0.6) is 23.0 Å². The number of nitrogens with zero attached hydrogens (tertiary/aromatic N) is 1. The summed E-state index contributed by atoms with van der Waals surface area (Å²) < 4.78 is 22.7. The number of fused-ring (bicyclic) bond motifs is 1. The van der Waals surface area contributed by atoms with Crippen molar-refractivity contribution in [1.29, 1.82) is 0 Å². The molecule has 0 fully saturated rings. The van der Waals surface area contributed by atoms with Crippen molar-refractivity contribution in [2.75, 3.05) is 19.8 Å². The average Bonchev–Trinajstić information content (AvgIpc) is 2.84. The molecule has 0 aromatic heterocycles. The predicted molar refractivity (Wildman–Crippen MR) is 125 cm³/mol. The number of carbonyl (C=O) groups excluding carboxylic acids is 1. The van der Waals surface area contributed by atoms with E-state index < -0.39 is 0 Å².